The Labute approximate surface area is 122 Å². The number of carbonyl (C=O) groups is 1. The zero-order chi connectivity index (χ0) is 14.8. The summed E-state index contributed by atoms with van der Waals surface area (Å²) in [4.78, 5) is 14.5. The van der Waals surface area contributed by atoms with Crippen LogP contribution >= 0.6 is 0 Å². The molecule has 2 aliphatic rings. The first kappa shape index (κ1) is 15.8. The number of hydrogen-bond acceptors (Lipinski definition) is 3. The zero-order valence-electron chi connectivity index (χ0n) is 12.5. The Morgan fingerprint density at radius 2 is 1.65 bits per heavy atom. The molecule has 2 rings (SSSR count). The van der Waals surface area contributed by atoms with Gasteiger partial charge in [-0.1, -0.05) is 25.7 Å². The maximum Gasteiger partial charge on any atom is 0.241 e. The molecule has 6 heteroatoms. The van der Waals surface area contributed by atoms with Gasteiger partial charge in [-0.25, -0.2) is 8.42 Å². The summed E-state index contributed by atoms with van der Waals surface area (Å²) in [7, 11) is -1.44. The number of sulfonamides is 1. The molecule has 2 fully saturated rings. The molecular formula is C14H26N2O3S. The highest BCUT2D eigenvalue weighted by atomic mass is 32.2. The fraction of sp³-hybridized carbons (Fsp3) is 0.929. The monoisotopic (exact) mass is 302 g/mol. The van der Waals surface area contributed by atoms with E-state index in [1.807, 2.05) is 11.9 Å². The molecule has 5 nitrogen and oxygen atoms in total. The molecule has 0 N–H and O–H groups in total. The third kappa shape index (κ3) is 3.52. The Morgan fingerprint density at radius 3 is 2.20 bits per heavy atom. The van der Waals surface area contributed by atoms with Gasteiger partial charge < -0.3 is 4.90 Å². The second-order valence-corrected chi connectivity index (χ2v) is 8.06. The van der Waals surface area contributed by atoms with Gasteiger partial charge >= 0.3 is 0 Å². The van der Waals surface area contributed by atoms with Crippen molar-refractivity contribution in [3.05, 3.63) is 0 Å². The molecule has 1 aliphatic carbocycles. The molecule has 1 amide bonds. The highest BCUT2D eigenvalue weighted by Crippen LogP contribution is 2.26. The summed E-state index contributed by atoms with van der Waals surface area (Å²) in [6, 6.07) is -0.190. The van der Waals surface area contributed by atoms with Crippen LogP contribution in [0, 0.1) is 0 Å². The van der Waals surface area contributed by atoms with Gasteiger partial charge in [-0.3, -0.25) is 4.79 Å². The molecule has 0 aromatic rings. The van der Waals surface area contributed by atoms with E-state index in [9.17, 15) is 13.2 Å². The van der Waals surface area contributed by atoms with Crippen molar-refractivity contribution >= 4 is 15.9 Å². The van der Waals surface area contributed by atoms with E-state index in [2.05, 4.69) is 0 Å². The first-order valence-electron chi connectivity index (χ1n) is 7.65. The summed E-state index contributed by atoms with van der Waals surface area (Å²) in [5.41, 5.74) is 0. The minimum Gasteiger partial charge on any atom is -0.341 e. The quantitative estimate of drug-likeness (QED) is 0.744. The van der Waals surface area contributed by atoms with E-state index in [1.165, 1.54) is 36.2 Å². The van der Waals surface area contributed by atoms with Crippen LogP contribution in [0.5, 0.6) is 0 Å². The van der Waals surface area contributed by atoms with Crippen LogP contribution in [0.15, 0.2) is 0 Å². The second kappa shape index (κ2) is 6.43. The van der Waals surface area contributed by atoms with Crippen LogP contribution in [0.2, 0.25) is 0 Å². The Hall–Kier alpha value is -0.620. The predicted molar refractivity (Wildman–Crippen MR) is 78.8 cm³/mol. The molecule has 1 aliphatic heterocycles. The van der Waals surface area contributed by atoms with E-state index >= 15 is 0 Å². The van der Waals surface area contributed by atoms with Crippen LogP contribution in [-0.2, 0) is 14.8 Å². The number of hydrogen-bond donors (Lipinski definition) is 0. The van der Waals surface area contributed by atoms with Crippen molar-refractivity contribution < 1.29 is 13.2 Å². The van der Waals surface area contributed by atoms with Crippen molar-refractivity contribution in [1.82, 2.24) is 9.21 Å². The number of amides is 1. The van der Waals surface area contributed by atoms with Crippen molar-refractivity contribution in [2.45, 2.75) is 63.5 Å². The van der Waals surface area contributed by atoms with Crippen molar-refractivity contribution in [1.29, 1.82) is 0 Å². The summed E-state index contributed by atoms with van der Waals surface area (Å²) >= 11 is 0. The van der Waals surface area contributed by atoms with Gasteiger partial charge in [0.15, 0.2) is 0 Å². The van der Waals surface area contributed by atoms with Gasteiger partial charge in [0, 0.05) is 19.6 Å². The lowest BCUT2D eigenvalue weighted by Crippen LogP contribution is -2.49. The Kier molecular flexibility index (Phi) is 5.07. The fourth-order valence-electron chi connectivity index (χ4n) is 3.44. The lowest BCUT2D eigenvalue weighted by molar-refractivity contribution is -0.135. The van der Waals surface area contributed by atoms with Crippen molar-refractivity contribution in [3.63, 3.8) is 0 Å². The maximum absolute atomic E-state index is 12.6. The lowest BCUT2D eigenvalue weighted by Gasteiger charge is -2.32. The molecule has 1 atom stereocenters. The largest absolute Gasteiger partial charge is 0.341 e. The van der Waals surface area contributed by atoms with Gasteiger partial charge in [0.25, 0.3) is 0 Å². The van der Waals surface area contributed by atoms with Crippen LogP contribution in [0.25, 0.3) is 0 Å². The SMILES string of the molecule is CN(C(=O)C1CCCN1S(C)(=O)=O)C1CCCCCC1. The predicted octanol–water partition coefficient (Wildman–Crippen LogP) is 1.59. The van der Waals surface area contributed by atoms with Gasteiger partial charge in [0.1, 0.15) is 6.04 Å². The van der Waals surface area contributed by atoms with Crippen LogP contribution in [0.4, 0.5) is 0 Å². The van der Waals surface area contributed by atoms with Crippen LogP contribution in [0.1, 0.15) is 51.4 Å². The van der Waals surface area contributed by atoms with Crippen molar-refractivity contribution in [2.75, 3.05) is 19.8 Å². The molecule has 1 heterocycles. The summed E-state index contributed by atoms with van der Waals surface area (Å²) < 4.78 is 24.9. The summed E-state index contributed by atoms with van der Waals surface area (Å²) in [5, 5.41) is 0. The summed E-state index contributed by atoms with van der Waals surface area (Å²) in [5.74, 6) is -0.0141. The minimum absolute atomic E-state index is 0.0141. The van der Waals surface area contributed by atoms with Crippen LogP contribution < -0.4 is 0 Å². The third-order valence-corrected chi connectivity index (χ3v) is 5.92. The molecule has 0 bridgehead atoms. The number of likely N-dealkylation sites (N-methyl/N-ethyl adjacent to an activating group) is 1. The van der Waals surface area contributed by atoms with E-state index < -0.39 is 16.1 Å². The second-order valence-electron chi connectivity index (χ2n) is 6.13. The van der Waals surface area contributed by atoms with Gasteiger partial charge in [-0.15, -0.1) is 0 Å². The third-order valence-electron chi connectivity index (χ3n) is 4.63. The van der Waals surface area contributed by atoms with E-state index in [0.717, 1.165) is 19.3 Å². The highest BCUT2D eigenvalue weighted by Gasteiger charge is 2.39. The molecule has 0 spiro atoms. The Balaban J connectivity index is 2.05. The standard InChI is InChI=1S/C14H26N2O3S/c1-15(12-8-5-3-4-6-9-12)14(17)13-10-7-11-16(13)20(2,18)19/h12-13H,3-11H2,1-2H3. The maximum atomic E-state index is 12.6. The van der Waals surface area contributed by atoms with Crippen LogP contribution in [-0.4, -0.2) is 55.5 Å². The lowest BCUT2D eigenvalue weighted by atomic mass is 10.1. The number of rotatable bonds is 3. The highest BCUT2D eigenvalue weighted by molar-refractivity contribution is 7.88. The first-order valence-corrected chi connectivity index (χ1v) is 9.49. The smallest absolute Gasteiger partial charge is 0.241 e. The number of nitrogens with zero attached hydrogens (tertiary/aromatic N) is 2. The normalized spacial score (nSPS) is 26.4. The van der Waals surface area contributed by atoms with Crippen LogP contribution in [0.3, 0.4) is 0 Å². The average molecular weight is 302 g/mol. The van der Waals surface area contributed by atoms with Crippen molar-refractivity contribution in [3.8, 4) is 0 Å². The molecule has 0 aromatic carbocycles. The number of carbonyl (C=O) groups excluding carboxylic acids is 1. The molecular weight excluding hydrogens is 276 g/mol. The molecule has 1 saturated heterocycles. The Morgan fingerprint density at radius 1 is 1.05 bits per heavy atom. The van der Waals surface area contributed by atoms with E-state index in [4.69, 9.17) is 0 Å². The van der Waals surface area contributed by atoms with Gasteiger partial charge in [-0.05, 0) is 25.7 Å². The average Bonchev–Trinajstić information content (AvgIpc) is 2.73. The van der Waals surface area contributed by atoms with Gasteiger partial charge in [0.05, 0.1) is 6.26 Å². The first-order chi connectivity index (χ1) is 9.41. The van der Waals surface area contributed by atoms with E-state index in [0.29, 0.717) is 13.0 Å². The molecule has 0 aromatic heterocycles. The minimum atomic E-state index is -3.28. The van der Waals surface area contributed by atoms with E-state index in [1.54, 1.807) is 0 Å². The molecule has 0 radical (unpaired) electrons. The summed E-state index contributed by atoms with van der Waals surface area (Å²) in [6.07, 6.45) is 9.57. The van der Waals surface area contributed by atoms with Gasteiger partial charge in [-0.2, -0.15) is 4.31 Å². The topological polar surface area (TPSA) is 57.7 Å². The Bertz CT molecular complexity index is 441. The summed E-state index contributed by atoms with van der Waals surface area (Å²) in [6.45, 7) is 0.480. The van der Waals surface area contributed by atoms with Crippen molar-refractivity contribution in [2.24, 2.45) is 0 Å². The van der Waals surface area contributed by atoms with E-state index in [-0.39, 0.29) is 11.9 Å². The molecule has 116 valence electrons. The molecule has 20 heavy (non-hydrogen) atoms. The van der Waals surface area contributed by atoms with Gasteiger partial charge in [0.2, 0.25) is 15.9 Å². The molecule has 1 saturated carbocycles. The fourth-order valence-corrected chi connectivity index (χ4v) is 4.56. The zero-order valence-corrected chi connectivity index (χ0v) is 13.4. The molecule has 1 unspecified atom stereocenters.